The molecule has 1 atom stereocenters. The zero-order chi connectivity index (χ0) is 11.8. The van der Waals surface area contributed by atoms with Crippen LogP contribution in [0.3, 0.4) is 0 Å². The van der Waals surface area contributed by atoms with Crippen LogP contribution in [0.15, 0.2) is 0 Å². The zero-order valence-electron chi connectivity index (χ0n) is 11.0. The third kappa shape index (κ3) is 5.31. The van der Waals surface area contributed by atoms with Crippen molar-refractivity contribution in [2.45, 2.75) is 64.8 Å². The van der Waals surface area contributed by atoms with Gasteiger partial charge in [-0.05, 0) is 56.9 Å². The second kappa shape index (κ2) is 8.08. The van der Waals surface area contributed by atoms with Crippen LogP contribution in [0.2, 0.25) is 0 Å². The van der Waals surface area contributed by atoms with Crippen molar-refractivity contribution in [1.82, 2.24) is 5.32 Å². The normalized spacial score (nSPS) is 27.9. The standard InChI is InChI=1S/C14H29NO/c1-3-13-6-8-14(9-7-13)15-10-4-5-12(2)11-16/h12-16H,3-11H2,1-2H3. The van der Waals surface area contributed by atoms with Gasteiger partial charge in [-0.2, -0.15) is 0 Å². The van der Waals surface area contributed by atoms with E-state index in [1.807, 2.05) is 0 Å². The highest BCUT2D eigenvalue weighted by atomic mass is 16.3. The maximum absolute atomic E-state index is 8.92. The molecule has 2 N–H and O–H groups in total. The summed E-state index contributed by atoms with van der Waals surface area (Å²) in [4.78, 5) is 0. The molecule has 0 radical (unpaired) electrons. The van der Waals surface area contributed by atoms with E-state index in [2.05, 4.69) is 19.2 Å². The van der Waals surface area contributed by atoms with Crippen molar-refractivity contribution in [2.24, 2.45) is 11.8 Å². The lowest BCUT2D eigenvalue weighted by Gasteiger charge is -2.28. The van der Waals surface area contributed by atoms with E-state index < -0.39 is 0 Å². The summed E-state index contributed by atoms with van der Waals surface area (Å²) in [5.41, 5.74) is 0. The van der Waals surface area contributed by atoms with Crippen LogP contribution in [0.25, 0.3) is 0 Å². The monoisotopic (exact) mass is 227 g/mol. The number of aliphatic hydroxyl groups excluding tert-OH is 1. The molecule has 0 aromatic heterocycles. The van der Waals surface area contributed by atoms with E-state index in [1.54, 1.807) is 0 Å². The van der Waals surface area contributed by atoms with Crippen molar-refractivity contribution in [3.63, 3.8) is 0 Å². The molecule has 1 rings (SSSR count). The fraction of sp³-hybridized carbons (Fsp3) is 1.00. The van der Waals surface area contributed by atoms with Gasteiger partial charge in [0.25, 0.3) is 0 Å². The minimum Gasteiger partial charge on any atom is -0.396 e. The average Bonchev–Trinajstić information content (AvgIpc) is 2.35. The number of hydrogen-bond acceptors (Lipinski definition) is 2. The molecule has 1 saturated carbocycles. The quantitative estimate of drug-likeness (QED) is 0.655. The second-order valence-electron chi connectivity index (χ2n) is 5.51. The van der Waals surface area contributed by atoms with E-state index in [4.69, 9.17) is 5.11 Å². The molecule has 0 heterocycles. The van der Waals surface area contributed by atoms with E-state index in [0.717, 1.165) is 24.9 Å². The summed E-state index contributed by atoms with van der Waals surface area (Å²) in [6.45, 7) is 5.90. The molecule has 1 fully saturated rings. The summed E-state index contributed by atoms with van der Waals surface area (Å²) in [7, 11) is 0. The van der Waals surface area contributed by atoms with Crippen LogP contribution in [0.5, 0.6) is 0 Å². The highest BCUT2D eigenvalue weighted by Crippen LogP contribution is 2.26. The lowest BCUT2D eigenvalue weighted by Crippen LogP contribution is -2.33. The van der Waals surface area contributed by atoms with Crippen LogP contribution in [0.4, 0.5) is 0 Å². The molecule has 0 amide bonds. The fourth-order valence-electron chi connectivity index (χ4n) is 2.62. The van der Waals surface area contributed by atoms with E-state index in [9.17, 15) is 0 Å². The van der Waals surface area contributed by atoms with Crippen molar-refractivity contribution >= 4 is 0 Å². The van der Waals surface area contributed by atoms with E-state index in [1.165, 1.54) is 38.5 Å². The maximum atomic E-state index is 8.92. The van der Waals surface area contributed by atoms with E-state index >= 15 is 0 Å². The topological polar surface area (TPSA) is 32.3 Å². The first-order valence-electron chi connectivity index (χ1n) is 7.10. The molecular weight excluding hydrogens is 198 g/mol. The first-order chi connectivity index (χ1) is 7.76. The largest absolute Gasteiger partial charge is 0.396 e. The van der Waals surface area contributed by atoms with Gasteiger partial charge in [-0.3, -0.25) is 0 Å². The smallest absolute Gasteiger partial charge is 0.0456 e. The van der Waals surface area contributed by atoms with Crippen LogP contribution in [0, 0.1) is 11.8 Å². The lowest BCUT2D eigenvalue weighted by atomic mass is 9.84. The second-order valence-corrected chi connectivity index (χ2v) is 5.51. The van der Waals surface area contributed by atoms with Gasteiger partial charge >= 0.3 is 0 Å². The minimum absolute atomic E-state index is 0.335. The molecule has 1 unspecified atom stereocenters. The summed E-state index contributed by atoms with van der Waals surface area (Å²) < 4.78 is 0. The van der Waals surface area contributed by atoms with Gasteiger partial charge in [0, 0.05) is 12.6 Å². The molecule has 0 spiro atoms. The molecule has 2 nitrogen and oxygen atoms in total. The van der Waals surface area contributed by atoms with Crippen LogP contribution >= 0.6 is 0 Å². The summed E-state index contributed by atoms with van der Waals surface area (Å²) >= 11 is 0. The Balaban J connectivity index is 1.98. The summed E-state index contributed by atoms with van der Waals surface area (Å²) in [5.74, 6) is 1.46. The Labute approximate surface area is 101 Å². The van der Waals surface area contributed by atoms with Gasteiger partial charge in [-0.15, -0.1) is 0 Å². The Hall–Kier alpha value is -0.0800. The van der Waals surface area contributed by atoms with E-state index in [0.29, 0.717) is 12.5 Å². The maximum Gasteiger partial charge on any atom is 0.0456 e. The lowest BCUT2D eigenvalue weighted by molar-refractivity contribution is 0.226. The van der Waals surface area contributed by atoms with Crippen LogP contribution < -0.4 is 5.32 Å². The Morgan fingerprint density at radius 3 is 2.50 bits per heavy atom. The number of nitrogens with one attached hydrogen (secondary N) is 1. The van der Waals surface area contributed by atoms with Gasteiger partial charge in [0.05, 0.1) is 0 Å². The third-order valence-corrected chi connectivity index (χ3v) is 4.04. The molecule has 0 bridgehead atoms. The Kier molecular flexibility index (Phi) is 7.06. The molecule has 0 aromatic rings. The molecule has 16 heavy (non-hydrogen) atoms. The molecule has 0 aliphatic heterocycles. The summed E-state index contributed by atoms with van der Waals surface area (Å²) in [5, 5.41) is 12.6. The average molecular weight is 227 g/mol. The first kappa shape index (κ1) is 14.0. The van der Waals surface area contributed by atoms with Gasteiger partial charge < -0.3 is 10.4 Å². The van der Waals surface area contributed by atoms with Crippen molar-refractivity contribution in [2.75, 3.05) is 13.2 Å². The third-order valence-electron chi connectivity index (χ3n) is 4.04. The fourth-order valence-corrected chi connectivity index (χ4v) is 2.62. The minimum atomic E-state index is 0.335. The van der Waals surface area contributed by atoms with Crippen LogP contribution in [-0.2, 0) is 0 Å². The number of aliphatic hydroxyl groups is 1. The Bertz CT molecular complexity index is 164. The highest BCUT2D eigenvalue weighted by Gasteiger charge is 2.18. The number of hydrogen-bond donors (Lipinski definition) is 2. The van der Waals surface area contributed by atoms with Crippen LogP contribution in [-0.4, -0.2) is 24.3 Å². The molecule has 1 aliphatic carbocycles. The SMILES string of the molecule is CCC1CCC(NCCCC(C)CO)CC1. The van der Waals surface area contributed by atoms with Crippen molar-refractivity contribution in [1.29, 1.82) is 0 Å². The summed E-state index contributed by atoms with van der Waals surface area (Å²) in [6.07, 6.45) is 9.29. The van der Waals surface area contributed by atoms with Gasteiger partial charge in [0.1, 0.15) is 0 Å². The number of rotatable bonds is 7. The molecule has 0 saturated heterocycles. The Morgan fingerprint density at radius 2 is 1.94 bits per heavy atom. The molecule has 0 aromatic carbocycles. The first-order valence-corrected chi connectivity index (χ1v) is 7.10. The predicted octanol–water partition coefficient (Wildman–Crippen LogP) is 2.95. The molecule has 1 aliphatic rings. The van der Waals surface area contributed by atoms with Crippen LogP contribution in [0.1, 0.15) is 58.8 Å². The van der Waals surface area contributed by atoms with Gasteiger partial charge in [-0.1, -0.05) is 20.3 Å². The van der Waals surface area contributed by atoms with Gasteiger partial charge in [-0.25, -0.2) is 0 Å². The van der Waals surface area contributed by atoms with E-state index in [-0.39, 0.29) is 0 Å². The zero-order valence-corrected chi connectivity index (χ0v) is 11.0. The van der Waals surface area contributed by atoms with Crippen molar-refractivity contribution < 1.29 is 5.11 Å². The predicted molar refractivity (Wildman–Crippen MR) is 69.5 cm³/mol. The van der Waals surface area contributed by atoms with Gasteiger partial charge in [0.2, 0.25) is 0 Å². The molecular formula is C14H29NO. The van der Waals surface area contributed by atoms with Gasteiger partial charge in [0.15, 0.2) is 0 Å². The van der Waals surface area contributed by atoms with Crippen molar-refractivity contribution in [3.05, 3.63) is 0 Å². The Morgan fingerprint density at radius 1 is 1.25 bits per heavy atom. The van der Waals surface area contributed by atoms with Crippen molar-refractivity contribution in [3.8, 4) is 0 Å². The highest BCUT2D eigenvalue weighted by molar-refractivity contribution is 4.76. The molecule has 96 valence electrons. The summed E-state index contributed by atoms with van der Waals surface area (Å²) in [6, 6.07) is 0.771. The molecule has 2 heteroatoms.